The van der Waals surface area contributed by atoms with Gasteiger partial charge in [0.15, 0.2) is 5.13 Å². The number of carbonyl (C=O) groups is 1. The summed E-state index contributed by atoms with van der Waals surface area (Å²) in [5, 5.41) is 13.7. The number of nitrogens with one attached hydrogen (secondary N) is 1. The Morgan fingerprint density at radius 1 is 1.25 bits per heavy atom. The van der Waals surface area contributed by atoms with E-state index in [9.17, 15) is 23.7 Å². The Labute approximate surface area is 162 Å². The van der Waals surface area contributed by atoms with Gasteiger partial charge in [-0.1, -0.05) is 18.2 Å². The number of nitro groups is 1. The maximum Gasteiger partial charge on any atom is 0.270 e. The number of thiazole rings is 1. The molecule has 0 aliphatic carbocycles. The highest BCUT2D eigenvalue weighted by atomic mass is 32.1. The van der Waals surface area contributed by atoms with Crippen LogP contribution in [0.2, 0.25) is 0 Å². The summed E-state index contributed by atoms with van der Waals surface area (Å²) in [6.07, 6.45) is 4.42. The lowest BCUT2D eigenvalue weighted by molar-refractivity contribution is -0.384. The van der Waals surface area contributed by atoms with Crippen LogP contribution in [-0.2, 0) is 11.2 Å². The van der Waals surface area contributed by atoms with Crippen LogP contribution >= 0.6 is 11.3 Å². The molecule has 3 aromatic rings. The van der Waals surface area contributed by atoms with Gasteiger partial charge in [0.05, 0.1) is 4.92 Å². The van der Waals surface area contributed by atoms with Gasteiger partial charge in [-0.3, -0.25) is 20.2 Å². The predicted molar refractivity (Wildman–Crippen MR) is 102 cm³/mol. The smallest absolute Gasteiger partial charge is 0.270 e. The largest absolute Gasteiger partial charge is 0.298 e. The minimum atomic E-state index is -0.644. The Kier molecular flexibility index (Phi) is 5.85. The predicted octanol–water partition coefficient (Wildman–Crippen LogP) is 4.57. The van der Waals surface area contributed by atoms with Crippen molar-refractivity contribution in [1.29, 1.82) is 0 Å². The van der Waals surface area contributed by atoms with Crippen LogP contribution < -0.4 is 5.32 Å². The summed E-state index contributed by atoms with van der Waals surface area (Å²) in [4.78, 5) is 27.0. The second-order valence-corrected chi connectivity index (χ2v) is 6.83. The van der Waals surface area contributed by atoms with Gasteiger partial charge in [-0.05, 0) is 23.3 Å². The monoisotopic (exact) mass is 401 g/mol. The summed E-state index contributed by atoms with van der Waals surface area (Å²) in [5.41, 5.74) is 0.768. The molecule has 0 saturated carbocycles. The molecule has 0 aliphatic rings. The van der Waals surface area contributed by atoms with Crippen LogP contribution in [-0.4, -0.2) is 15.8 Å². The van der Waals surface area contributed by atoms with Gasteiger partial charge >= 0.3 is 0 Å². The van der Waals surface area contributed by atoms with Crippen LogP contribution in [0.3, 0.4) is 0 Å². The average Bonchev–Trinajstić information content (AvgIpc) is 3.09. The maximum absolute atomic E-state index is 13.7. The zero-order chi connectivity index (χ0) is 20.1. The Bertz CT molecular complexity index is 1070. The van der Waals surface area contributed by atoms with Crippen molar-refractivity contribution in [2.24, 2.45) is 0 Å². The lowest BCUT2D eigenvalue weighted by atomic mass is 10.1. The molecule has 1 N–H and O–H groups in total. The molecule has 1 amide bonds. The summed E-state index contributed by atoms with van der Waals surface area (Å²) < 4.78 is 26.7. The second kappa shape index (κ2) is 8.49. The van der Waals surface area contributed by atoms with Crippen LogP contribution in [0.15, 0.2) is 54.7 Å². The number of carbonyl (C=O) groups excluding carboxylic acids is 1. The molecule has 0 atom stereocenters. The molecule has 0 unspecified atom stereocenters. The zero-order valence-corrected chi connectivity index (χ0v) is 15.1. The summed E-state index contributed by atoms with van der Waals surface area (Å²) in [6.45, 7) is 0. The molecule has 0 bridgehead atoms. The minimum Gasteiger partial charge on any atom is -0.298 e. The van der Waals surface area contributed by atoms with Crippen LogP contribution in [0.25, 0.3) is 6.08 Å². The fourth-order valence-electron chi connectivity index (χ4n) is 2.36. The van der Waals surface area contributed by atoms with Gasteiger partial charge in [0, 0.05) is 41.8 Å². The second-order valence-electron chi connectivity index (χ2n) is 5.72. The van der Waals surface area contributed by atoms with Crippen molar-refractivity contribution in [1.82, 2.24) is 4.98 Å². The molecule has 9 heteroatoms. The number of amides is 1. The number of nitrogens with zero attached hydrogens (tertiary/aromatic N) is 2. The van der Waals surface area contributed by atoms with Gasteiger partial charge in [-0.25, -0.2) is 13.8 Å². The molecule has 0 saturated heterocycles. The quantitative estimate of drug-likeness (QED) is 0.372. The van der Waals surface area contributed by atoms with Crippen LogP contribution in [0, 0.1) is 21.7 Å². The van der Waals surface area contributed by atoms with Crippen molar-refractivity contribution in [3.05, 3.63) is 92.5 Å². The average molecular weight is 401 g/mol. The van der Waals surface area contributed by atoms with Gasteiger partial charge in [-0.2, -0.15) is 0 Å². The number of benzene rings is 2. The van der Waals surface area contributed by atoms with Gasteiger partial charge in [0.2, 0.25) is 5.91 Å². The third kappa shape index (κ3) is 5.04. The van der Waals surface area contributed by atoms with Crippen LogP contribution in [0.1, 0.15) is 16.0 Å². The van der Waals surface area contributed by atoms with Crippen LogP contribution in [0.4, 0.5) is 19.6 Å². The van der Waals surface area contributed by atoms with E-state index in [-0.39, 0.29) is 12.1 Å². The van der Waals surface area contributed by atoms with Crippen molar-refractivity contribution < 1.29 is 18.5 Å². The number of hydrogen-bond acceptors (Lipinski definition) is 5. The zero-order valence-electron chi connectivity index (χ0n) is 14.3. The molecule has 0 radical (unpaired) electrons. The number of anilines is 1. The van der Waals surface area contributed by atoms with Crippen molar-refractivity contribution in [3.8, 4) is 0 Å². The summed E-state index contributed by atoms with van der Waals surface area (Å²) in [6, 6.07) is 9.23. The van der Waals surface area contributed by atoms with E-state index in [0.29, 0.717) is 21.1 Å². The Balaban J connectivity index is 1.62. The van der Waals surface area contributed by atoms with E-state index >= 15 is 0 Å². The van der Waals surface area contributed by atoms with Gasteiger partial charge in [0.25, 0.3) is 5.69 Å². The first-order chi connectivity index (χ1) is 13.4. The molecular weight excluding hydrogens is 388 g/mol. The normalized spacial score (nSPS) is 10.9. The van der Waals surface area contributed by atoms with E-state index < -0.39 is 22.5 Å². The third-order valence-corrected chi connectivity index (χ3v) is 4.58. The molecule has 142 valence electrons. The summed E-state index contributed by atoms with van der Waals surface area (Å²) in [5.74, 6) is -1.74. The minimum absolute atomic E-state index is 0.0693. The first-order valence-electron chi connectivity index (χ1n) is 8.03. The molecule has 1 heterocycles. The molecule has 0 fully saturated rings. The maximum atomic E-state index is 13.7. The van der Waals surface area contributed by atoms with Gasteiger partial charge in [-0.15, -0.1) is 11.3 Å². The molecule has 6 nitrogen and oxygen atoms in total. The number of hydrogen-bond donors (Lipinski definition) is 1. The highest BCUT2D eigenvalue weighted by Crippen LogP contribution is 2.23. The van der Waals surface area contributed by atoms with E-state index in [0.717, 1.165) is 6.07 Å². The molecule has 0 aliphatic heterocycles. The first-order valence-corrected chi connectivity index (χ1v) is 8.84. The molecule has 0 spiro atoms. The van der Waals surface area contributed by atoms with Gasteiger partial charge in [0.1, 0.15) is 11.6 Å². The van der Waals surface area contributed by atoms with Crippen molar-refractivity contribution in [3.63, 3.8) is 0 Å². The molecular formula is C19H13F2N3O3S. The number of rotatable bonds is 6. The molecule has 2 aromatic carbocycles. The summed E-state index contributed by atoms with van der Waals surface area (Å²) >= 11 is 1.17. The highest BCUT2D eigenvalue weighted by Gasteiger charge is 2.09. The van der Waals surface area contributed by atoms with Crippen molar-refractivity contribution in [2.75, 3.05) is 5.32 Å². The lowest BCUT2D eigenvalue weighted by Crippen LogP contribution is -2.07. The fraction of sp³-hybridized carbons (Fsp3) is 0.0526. The Hall–Kier alpha value is -3.46. The molecule has 28 heavy (non-hydrogen) atoms. The number of halogens is 2. The lowest BCUT2D eigenvalue weighted by Gasteiger charge is -2.00. The number of nitro benzene ring substituents is 1. The Morgan fingerprint density at radius 2 is 2.07 bits per heavy atom. The number of non-ortho nitro benzene ring substituents is 1. The van der Waals surface area contributed by atoms with E-state index in [1.54, 1.807) is 6.07 Å². The number of aromatic nitrogens is 1. The van der Waals surface area contributed by atoms with Crippen LogP contribution in [0.5, 0.6) is 0 Å². The third-order valence-electron chi connectivity index (χ3n) is 3.67. The van der Waals surface area contributed by atoms with Crippen molar-refractivity contribution >= 4 is 34.1 Å². The SMILES string of the molecule is O=C(/C=C/c1cccc([N+](=O)[O-])c1)Nc1ncc(Cc2ccc(F)cc2F)s1. The highest BCUT2D eigenvalue weighted by molar-refractivity contribution is 7.15. The standard InChI is InChI=1S/C19H13F2N3O3S/c20-14-6-5-13(17(21)10-14)9-16-11-22-19(28-16)23-18(25)7-4-12-2-1-3-15(8-12)24(26)27/h1-8,10-11H,9H2,(H,22,23,25)/b7-4+. The van der Waals surface area contributed by atoms with E-state index in [2.05, 4.69) is 10.3 Å². The van der Waals surface area contributed by atoms with Gasteiger partial charge < -0.3 is 0 Å². The van der Waals surface area contributed by atoms with E-state index in [4.69, 9.17) is 0 Å². The molecule has 3 rings (SSSR count). The van der Waals surface area contributed by atoms with Crippen molar-refractivity contribution in [2.45, 2.75) is 6.42 Å². The van der Waals surface area contributed by atoms with E-state index in [1.165, 1.54) is 60.0 Å². The van der Waals surface area contributed by atoms with E-state index in [1.807, 2.05) is 0 Å². The molecule has 1 aromatic heterocycles. The fourth-order valence-corrected chi connectivity index (χ4v) is 3.20. The summed E-state index contributed by atoms with van der Waals surface area (Å²) in [7, 11) is 0. The first kappa shape index (κ1) is 19.3. The topological polar surface area (TPSA) is 85.1 Å². The Morgan fingerprint density at radius 3 is 2.82 bits per heavy atom.